The first kappa shape index (κ1) is 18.2. The van der Waals surface area contributed by atoms with Gasteiger partial charge in [0.05, 0.1) is 29.6 Å². The Kier molecular flexibility index (Phi) is 5.73. The fourth-order valence-electron chi connectivity index (χ4n) is 2.63. The number of carbonyl (C=O) groups is 1. The van der Waals surface area contributed by atoms with E-state index in [0.717, 1.165) is 33.1 Å². The average Bonchev–Trinajstić information content (AvgIpc) is 2.66. The maximum absolute atomic E-state index is 12.5. The zero-order valence-electron chi connectivity index (χ0n) is 15.1. The summed E-state index contributed by atoms with van der Waals surface area (Å²) >= 11 is 1.42. The van der Waals surface area contributed by atoms with E-state index in [1.807, 2.05) is 55.5 Å². The lowest BCUT2D eigenvalue weighted by molar-refractivity contribution is -0.127. The van der Waals surface area contributed by atoms with E-state index in [-0.39, 0.29) is 5.91 Å². The van der Waals surface area contributed by atoms with Gasteiger partial charge in [0, 0.05) is 19.2 Å². The number of methoxy groups -OCH3 is 1. The van der Waals surface area contributed by atoms with Crippen molar-refractivity contribution in [2.24, 2.45) is 0 Å². The molecule has 0 aliphatic heterocycles. The van der Waals surface area contributed by atoms with Gasteiger partial charge in [-0.05, 0) is 25.1 Å². The number of carbonyl (C=O) groups excluding carboxylic acids is 1. The highest BCUT2D eigenvalue weighted by Gasteiger charge is 2.14. The highest BCUT2D eigenvalue weighted by molar-refractivity contribution is 7.99. The highest BCUT2D eigenvalue weighted by Crippen LogP contribution is 2.23. The zero-order valence-corrected chi connectivity index (χ0v) is 15.9. The van der Waals surface area contributed by atoms with E-state index >= 15 is 0 Å². The van der Waals surface area contributed by atoms with E-state index in [9.17, 15) is 4.79 Å². The van der Waals surface area contributed by atoms with E-state index in [4.69, 9.17) is 4.74 Å². The third-order valence-corrected chi connectivity index (χ3v) is 5.11. The predicted octanol–water partition coefficient (Wildman–Crippen LogP) is 3.70. The molecule has 1 aromatic heterocycles. The number of benzene rings is 2. The molecule has 3 rings (SSSR count). The molecule has 0 saturated carbocycles. The minimum Gasteiger partial charge on any atom is -0.496 e. The molecule has 3 aromatic rings. The zero-order chi connectivity index (χ0) is 18.5. The molecule has 6 heteroatoms. The van der Waals surface area contributed by atoms with Crippen molar-refractivity contribution in [1.82, 2.24) is 14.9 Å². The second kappa shape index (κ2) is 8.19. The van der Waals surface area contributed by atoms with Gasteiger partial charge in [-0.15, -0.1) is 0 Å². The number of amides is 1. The number of aryl methyl sites for hydroxylation is 1. The summed E-state index contributed by atoms with van der Waals surface area (Å²) in [5, 5.41) is 0.794. The van der Waals surface area contributed by atoms with Crippen LogP contribution in [-0.4, -0.2) is 40.7 Å². The first-order chi connectivity index (χ1) is 12.6. The molecule has 26 heavy (non-hydrogen) atoms. The molecule has 2 aromatic carbocycles. The highest BCUT2D eigenvalue weighted by atomic mass is 32.2. The summed E-state index contributed by atoms with van der Waals surface area (Å²) in [6, 6.07) is 15.5. The van der Waals surface area contributed by atoms with Gasteiger partial charge in [0.15, 0.2) is 0 Å². The number of fused-ring (bicyclic) bond motifs is 1. The van der Waals surface area contributed by atoms with E-state index in [1.54, 1.807) is 19.1 Å². The third-order valence-electron chi connectivity index (χ3n) is 4.06. The molecule has 0 bridgehead atoms. The maximum atomic E-state index is 12.5. The Morgan fingerprint density at radius 1 is 1.08 bits per heavy atom. The van der Waals surface area contributed by atoms with Crippen molar-refractivity contribution in [3.05, 3.63) is 59.8 Å². The van der Waals surface area contributed by atoms with Crippen LogP contribution in [0.25, 0.3) is 11.0 Å². The predicted molar refractivity (Wildman–Crippen MR) is 104 cm³/mol. The third kappa shape index (κ3) is 4.14. The molecule has 5 nitrogen and oxygen atoms in total. The Morgan fingerprint density at radius 2 is 1.73 bits per heavy atom. The lowest BCUT2D eigenvalue weighted by atomic mass is 10.2. The normalized spacial score (nSPS) is 10.7. The van der Waals surface area contributed by atoms with Gasteiger partial charge in [0.1, 0.15) is 10.8 Å². The Balaban J connectivity index is 1.65. The van der Waals surface area contributed by atoms with Crippen LogP contribution in [0.15, 0.2) is 53.6 Å². The lowest BCUT2D eigenvalue weighted by Crippen LogP contribution is -2.28. The Morgan fingerprint density at radius 3 is 2.46 bits per heavy atom. The summed E-state index contributed by atoms with van der Waals surface area (Å²) < 4.78 is 5.35. The number of rotatable bonds is 6. The van der Waals surface area contributed by atoms with Gasteiger partial charge in [0.25, 0.3) is 0 Å². The molecular weight excluding hydrogens is 346 g/mol. The molecule has 0 saturated heterocycles. The molecule has 134 valence electrons. The first-order valence-corrected chi connectivity index (χ1v) is 9.29. The number of nitrogens with zero attached hydrogens (tertiary/aromatic N) is 3. The minimum absolute atomic E-state index is 0.0373. The number of aromatic nitrogens is 2. The van der Waals surface area contributed by atoms with Gasteiger partial charge >= 0.3 is 0 Å². The Hall–Kier alpha value is -2.60. The van der Waals surface area contributed by atoms with Gasteiger partial charge < -0.3 is 9.64 Å². The second-order valence-electron chi connectivity index (χ2n) is 5.95. The van der Waals surface area contributed by atoms with Crippen molar-refractivity contribution in [3.8, 4) is 5.75 Å². The standard InChI is InChI=1S/C20H21N3O2S/c1-14-20(22-17-10-6-5-9-16(17)21-14)26-13-19(24)23(2)12-15-8-4-7-11-18(15)25-3/h4-11H,12-13H2,1-3H3. The summed E-state index contributed by atoms with van der Waals surface area (Å²) in [7, 11) is 3.44. The van der Waals surface area contributed by atoms with Crippen molar-refractivity contribution in [2.45, 2.75) is 18.5 Å². The van der Waals surface area contributed by atoms with Gasteiger partial charge in [-0.2, -0.15) is 0 Å². The Labute approximate surface area is 157 Å². The quantitative estimate of drug-likeness (QED) is 0.622. The number of para-hydroxylation sites is 3. The smallest absolute Gasteiger partial charge is 0.233 e. The number of thioether (sulfide) groups is 1. The molecule has 0 N–H and O–H groups in total. The number of hydrogen-bond acceptors (Lipinski definition) is 5. The molecule has 0 spiro atoms. The second-order valence-corrected chi connectivity index (χ2v) is 6.92. The molecule has 0 radical (unpaired) electrons. The summed E-state index contributed by atoms with van der Waals surface area (Å²) in [6.07, 6.45) is 0. The maximum Gasteiger partial charge on any atom is 0.233 e. The fraction of sp³-hybridized carbons (Fsp3) is 0.250. The van der Waals surface area contributed by atoms with Crippen LogP contribution in [0.5, 0.6) is 5.75 Å². The van der Waals surface area contributed by atoms with E-state index in [2.05, 4.69) is 9.97 Å². The number of hydrogen-bond donors (Lipinski definition) is 0. The lowest BCUT2D eigenvalue weighted by Gasteiger charge is -2.18. The van der Waals surface area contributed by atoms with Crippen molar-refractivity contribution in [1.29, 1.82) is 0 Å². The molecule has 0 aliphatic rings. The molecular formula is C20H21N3O2S. The summed E-state index contributed by atoms with van der Waals surface area (Å²) in [5.41, 5.74) is 3.54. The van der Waals surface area contributed by atoms with Crippen LogP contribution in [-0.2, 0) is 11.3 Å². The van der Waals surface area contributed by atoms with Crippen molar-refractivity contribution >= 4 is 28.7 Å². The molecule has 1 amide bonds. The summed E-state index contributed by atoms with van der Waals surface area (Å²) in [5.74, 6) is 1.14. The van der Waals surface area contributed by atoms with Gasteiger partial charge in [-0.25, -0.2) is 9.97 Å². The van der Waals surface area contributed by atoms with Crippen molar-refractivity contribution in [2.75, 3.05) is 19.9 Å². The van der Waals surface area contributed by atoms with Crippen LogP contribution in [0.3, 0.4) is 0 Å². The molecule has 0 unspecified atom stereocenters. The summed E-state index contributed by atoms with van der Waals surface area (Å²) in [6.45, 7) is 2.43. The topological polar surface area (TPSA) is 55.3 Å². The van der Waals surface area contributed by atoms with Crippen LogP contribution in [0, 0.1) is 6.92 Å². The van der Waals surface area contributed by atoms with Crippen molar-refractivity contribution in [3.63, 3.8) is 0 Å². The molecule has 0 atom stereocenters. The van der Waals surface area contributed by atoms with E-state index in [1.165, 1.54) is 11.8 Å². The molecule has 1 heterocycles. The Bertz CT molecular complexity index is 930. The minimum atomic E-state index is 0.0373. The van der Waals surface area contributed by atoms with Gasteiger partial charge in [-0.3, -0.25) is 4.79 Å². The van der Waals surface area contributed by atoms with Crippen molar-refractivity contribution < 1.29 is 9.53 Å². The monoisotopic (exact) mass is 367 g/mol. The van der Waals surface area contributed by atoms with Crippen LogP contribution in [0.2, 0.25) is 0 Å². The van der Waals surface area contributed by atoms with Crippen LogP contribution in [0.1, 0.15) is 11.3 Å². The van der Waals surface area contributed by atoms with E-state index in [0.29, 0.717) is 12.3 Å². The van der Waals surface area contributed by atoms with Crippen LogP contribution >= 0.6 is 11.8 Å². The van der Waals surface area contributed by atoms with Gasteiger partial charge in [-0.1, -0.05) is 42.1 Å². The fourth-order valence-corrected chi connectivity index (χ4v) is 3.52. The largest absolute Gasteiger partial charge is 0.496 e. The average molecular weight is 367 g/mol. The molecule has 0 aliphatic carbocycles. The molecule has 0 fully saturated rings. The summed E-state index contributed by atoms with van der Waals surface area (Å²) in [4.78, 5) is 23.4. The number of ether oxygens (including phenoxy) is 1. The van der Waals surface area contributed by atoms with E-state index < -0.39 is 0 Å². The SMILES string of the molecule is COc1ccccc1CN(C)C(=O)CSc1nc2ccccc2nc1C. The van der Waals surface area contributed by atoms with Gasteiger partial charge in [0.2, 0.25) is 5.91 Å². The first-order valence-electron chi connectivity index (χ1n) is 8.30. The van der Waals surface area contributed by atoms with Crippen LogP contribution < -0.4 is 4.74 Å². The van der Waals surface area contributed by atoms with Crippen LogP contribution in [0.4, 0.5) is 0 Å².